The van der Waals surface area contributed by atoms with Gasteiger partial charge in [-0.2, -0.15) is 0 Å². The van der Waals surface area contributed by atoms with E-state index < -0.39 is 0 Å². The van der Waals surface area contributed by atoms with Crippen molar-refractivity contribution in [2.75, 3.05) is 13.6 Å². The number of hydrogen-bond donors (Lipinski definition) is 1. The fourth-order valence-electron chi connectivity index (χ4n) is 1.73. The molecule has 0 radical (unpaired) electrons. The summed E-state index contributed by atoms with van der Waals surface area (Å²) < 4.78 is 7.55. The first-order chi connectivity index (χ1) is 10.0. The summed E-state index contributed by atoms with van der Waals surface area (Å²) in [5.74, 6) is 1.57. The number of carbonyl (C=O) groups is 1. The average Bonchev–Trinajstić information content (AvgIpc) is 3.11. The van der Waals surface area contributed by atoms with Crippen molar-refractivity contribution in [3.05, 3.63) is 36.0 Å². The minimum Gasteiger partial charge on any atom is -0.455 e. The Morgan fingerprint density at radius 3 is 2.74 bits per heavy atom. The van der Waals surface area contributed by atoms with Crippen LogP contribution in [0, 0.1) is 0 Å². The van der Waals surface area contributed by atoms with Crippen LogP contribution in [0.25, 0.3) is 0 Å². The highest BCUT2D eigenvalue weighted by Crippen LogP contribution is 2.22. The van der Waals surface area contributed by atoms with Crippen molar-refractivity contribution in [3.8, 4) is 0 Å². The number of imidazole rings is 1. The number of aromatic nitrogens is 2. The third-order valence-electron chi connectivity index (χ3n) is 3.32. The molecule has 0 aliphatic carbocycles. The molecule has 1 atom stereocenters. The highest BCUT2D eigenvalue weighted by atomic mass is 35.5. The summed E-state index contributed by atoms with van der Waals surface area (Å²) in [7, 11) is 3.67. The van der Waals surface area contributed by atoms with Crippen molar-refractivity contribution in [1.29, 1.82) is 0 Å². The van der Waals surface area contributed by atoms with Crippen molar-refractivity contribution in [1.82, 2.24) is 14.5 Å². The van der Waals surface area contributed by atoms with Crippen LogP contribution in [-0.2, 0) is 12.8 Å². The number of halogens is 2. The first kappa shape index (κ1) is 21.9. The molecule has 0 aliphatic rings. The summed E-state index contributed by atoms with van der Waals surface area (Å²) in [5.41, 5.74) is 5.57. The molecule has 2 N–H and O–H groups in total. The van der Waals surface area contributed by atoms with E-state index in [0.29, 0.717) is 18.1 Å². The fourth-order valence-corrected chi connectivity index (χ4v) is 2.56. The normalized spacial score (nSPS) is 11.3. The van der Waals surface area contributed by atoms with Gasteiger partial charge in [0, 0.05) is 39.1 Å². The predicted molar refractivity (Wildman–Crippen MR) is 96.6 cm³/mol. The second-order valence-electron chi connectivity index (χ2n) is 4.88. The van der Waals surface area contributed by atoms with Crippen LogP contribution in [0.1, 0.15) is 23.2 Å². The van der Waals surface area contributed by atoms with E-state index >= 15 is 0 Å². The van der Waals surface area contributed by atoms with Gasteiger partial charge in [-0.25, -0.2) is 4.98 Å². The average molecular weight is 381 g/mol. The fraction of sp³-hybridized carbons (Fsp3) is 0.429. The second-order valence-corrected chi connectivity index (χ2v) is 5.82. The standard InChI is InChI=1S/C14H20N4O2S.2ClH/c1-10(8-15)18(3)13(19)12-5-4-11(20-12)9-21-14-16-6-7-17(14)2;;/h4-7,10H,8-9,15H2,1-3H3;2*1H. The maximum absolute atomic E-state index is 12.2. The van der Waals surface area contributed by atoms with E-state index in [-0.39, 0.29) is 36.8 Å². The van der Waals surface area contributed by atoms with Crippen molar-refractivity contribution in [2.45, 2.75) is 23.9 Å². The molecule has 130 valence electrons. The quantitative estimate of drug-likeness (QED) is 0.779. The van der Waals surface area contributed by atoms with Gasteiger partial charge in [0.15, 0.2) is 10.9 Å². The first-order valence-corrected chi connectivity index (χ1v) is 7.67. The van der Waals surface area contributed by atoms with E-state index in [4.69, 9.17) is 10.2 Å². The monoisotopic (exact) mass is 380 g/mol. The smallest absolute Gasteiger partial charge is 0.289 e. The van der Waals surface area contributed by atoms with E-state index in [1.807, 2.05) is 30.8 Å². The van der Waals surface area contributed by atoms with Gasteiger partial charge in [0.05, 0.1) is 5.75 Å². The molecule has 2 aromatic heterocycles. The lowest BCUT2D eigenvalue weighted by Crippen LogP contribution is -2.39. The molecule has 2 rings (SSSR count). The third kappa shape index (κ3) is 5.46. The van der Waals surface area contributed by atoms with Gasteiger partial charge >= 0.3 is 0 Å². The summed E-state index contributed by atoms with van der Waals surface area (Å²) in [4.78, 5) is 18.0. The van der Waals surface area contributed by atoms with E-state index in [2.05, 4.69) is 4.98 Å². The molecule has 23 heavy (non-hydrogen) atoms. The van der Waals surface area contributed by atoms with Gasteiger partial charge in [0.2, 0.25) is 0 Å². The number of nitrogens with zero attached hydrogens (tertiary/aromatic N) is 3. The van der Waals surface area contributed by atoms with E-state index in [1.165, 1.54) is 0 Å². The zero-order chi connectivity index (χ0) is 15.4. The molecule has 0 aliphatic heterocycles. The van der Waals surface area contributed by atoms with E-state index in [0.717, 1.165) is 10.9 Å². The molecule has 9 heteroatoms. The van der Waals surface area contributed by atoms with Crippen LogP contribution in [0.4, 0.5) is 0 Å². The van der Waals surface area contributed by atoms with Gasteiger partial charge < -0.3 is 19.6 Å². The van der Waals surface area contributed by atoms with Gasteiger partial charge in [-0.15, -0.1) is 24.8 Å². The molecule has 2 heterocycles. The Hall–Kier alpha value is -1.15. The molecule has 0 bridgehead atoms. The number of rotatable bonds is 6. The van der Waals surface area contributed by atoms with Crippen molar-refractivity contribution in [2.24, 2.45) is 12.8 Å². The highest BCUT2D eigenvalue weighted by Gasteiger charge is 2.19. The van der Waals surface area contributed by atoms with Crippen molar-refractivity contribution in [3.63, 3.8) is 0 Å². The summed E-state index contributed by atoms with van der Waals surface area (Å²) in [6.45, 7) is 2.32. The molecule has 6 nitrogen and oxygen atoms in total. The van der Waals surface area contributed by atoms with E-state index in [9.17, 15) is 4.79 Å². The van der Waals surface area contributed by atoms with Crippen LogP contribution in [0.3, 0.4) is 0 Å². The molecule has 0 spiro atoms. The van der Waals surface area contributed by atoms with Gasteiger partial charge in [-0.05, 0) is 19.1 Å². The Morgan fingerprint density at radius 2 is 2.17 bits per heavy atom. The lowest BCUT2D eigenvalue weighted by atomic mass is 10.3. The van der Waals surface area contributed by atoms with Crippen LogP contribution in [-0.4, -0.2) is 40.0 Å². The Morgan fingerprint density at radius 1 is 1.48 bits per heavy atom. The second kappa shape index (κ2) is 9.87. The maximum Gasteiger partial charge on any atom is 0.289 e. The topological polar surface area (TPSA) is 77.3 Å². The number of amides is 1. The molecule has 0 fully saturated rings. The summed E-state index contributed by atoms with van der Waals surface area (Å²) >= 11 is 1.56. The van der Waals surface area contributed by atoms with Crippen LogP contribution in [0.2, 0.25) is 0 Å². The number of thioether (sulfide) groups is 1. The number of carbonyl (C=O) groups excluding carboxylic acids is 1. The Kier molecular flexibility index (Phi) is 9.38. The predicted octanol–water partition coefficient (Wildman–Crippen LogP) is 2.57. The van der Waals surface area contributed by atoms with Crippen LogP contribution in [0.5, 0.6) is 0 Å². The molecule has 2 aromatic rings. The minimum absolute atomic E-state index is 0. The number of hydrogen-bond acceptors (Lipinski definition) is 5. The van der Waals surface area contributed by atoms with Gasteiger partial charge in [0.25, 0.3) is 5.91 Å². The van der Waals surface area contributed by atoms with Crippen LogP contribution < -0.4 is 5.73 Å². The molecule has 0 aromatic carbocycles. The highest BCUT2D eigenvalue weighted by molar-refractivity contribution is 7.98. The molecule has 0 saturated carbocycles. The molecular weight excluding hydrogens is 359 g/mol. The van der Waals surface area contributed by atoms with Gasteiger partial charge in [0.1, 0.15) is 5.76 Å². The minimum atomic E-state index is -0.152. The largest absolute Gasteiger partial charge is 0.455 e. The Labute approximate surface area is 152 Å². The maximum atomic E-state index is 12.2. The van der Waals surface area contributed by atoms with Crippen molar-refractivity contribution >= 4 is 42.5 Å². The Balaban J connectivity index is 0.00000242. The van der Waals surface area contributed by atoms with Gasteiger partial charge in [-0.1, -0.05) is 11.8 Å². The SMILES string of the molecule is CC(CN)N(C)C(=O)c1ccc(CSc2nccn2C)o1.Cl.Cl. The van der Waals surface area contributed by atoms with Gasteiger partial charge in [-0.3, -0.25) is 4.79 Å². The zero-order valence-electron chi connectivity index (χ0n) is 13.3. The third-order valence-corrected chi connectivity index (χ3v) is 4.40. The first-order valence-electron chi connectivity index (χ1n) is 6.69. The van der Waals surface area contributed by atoms with Crippen LogP contribution in [0.15, 0.2) is 34.1 Å². The Bertz CT molecular complexity index is 617. The summed E-state index contributed by atoms with van der Waals surface area (Å²) in [6.07, 6.45) is 3.64. The van der Waals surface area contributed by atoms with Crippen molar-refractivity contribution < 1.29 is 9.21 Å². The number of nitrogens with two attached hydrogens (primary N) is 1. The number of aryl methyl sites for hydroxylation is 1. The number of furan rings is 1. The van der Waals surface area contributed by atoms with E-state index in [1.54, 1.807) is 36.0 Å². The van der Waals surface area contributed by atoms with Crippen LogP contribution >= 0.6 is 36.6 Å². The molecule has 1 unspecified atom stereocenters. The molecular formula is C14H22Cl2N4O2S. The lowest BCUT2D eigenvalue weighted by molar-refractivity contribution is 0.0715. The molecule has 1 amide bonds. The summed E-state index contributed by atoms with van der Waals surface area (Å²) in [6, 6.07) is 3.51. The lowest BCUT2D eigenvalue weighted by Gasteiger charge is -2.22. The summed E-state index contributed by atoms with van der Waals surface area (Å²) in [5, 5.41) is 0.910. The molecule has 0 saturated heterocycles. The number of likely N-dealkylation sites (N-methyl/N-ethyl adjacent to an activating group) is 1. The zero-order valence-corrected chi connectivity index (χ0v) is 15.7.